The van der Waals surface area contributed by atoms with Crippen LogP contribution < -0.4 is 9.47 Å². The van der Waals surface area contributed by atoms with E-state index < -0.39 is 0 Å². The average molecular weight is 353 g/mol. The Morgan fingerprint density at radius 1 is 1.33 bits per heavy atom. The molecule has 0 atom stereocenters. The second-order valence-electron chi connectivity index (χ2n) is 4.55. The van der Waals surface area contributed by atoms with E-state index in [9.17, 15) is 4.79 Å². The third-order valence-corrected chi connectivity index (χ3v) is 3.57. The Kier molecular flexibility index (Phi) is 4.90. The predicted octanol–water partition coefficient (Wildman–Crippen LogP) is 3.07. The summed E-state index contributed by atoms with van der Waals surface area (Å²) in [6.45, 7) is 0.426. The fourth-order valence-electron chi connectivity index (χ4n) is 2.10. The summed E-state index contributed by atoms with van der Waals surface area (Å²) in [5.74, 6) is 1.20. The van der Waals surface area contributed by atoms with Crippen molar-refractivity contribution in [1.82, 2.24) is 9.88 Å². The number of halogens is 1. The third kappa shape index (κ3) is 3.39. The number of carbonyl (C=O) groups is 1. The van der Waals surface area contributed by atoms with Crippen LogP contribution in [0.1, 0.15) is 16.1 Å². The van der Waals surface area contributed by atoms with Crippen LogP contribution in [0.4, 0.5) is 0 Å². The van der Waals surface area contributed by atoms with Gasteiger partial charge in [0.2, 0.25) is 0 Å². The lowest BCUT2D eigenvalue weighted by Gasteiger charge is -2.19. The Bertz CT molecular complexity index is 640. The Balaban J connectivity index is 2.19. The molecular weight excluding hydrogens is 336 g/mol. The molecule has 0 bridgehead atoms. The van der Waals surface area contributed by atoms with E-state index in [2.05, 4.69) is 20.9 Å². The lowest BCUT2D eigenvalue weighted by molar-refractivity contribution is 0.0779. The van der Waals surface area contributed by atoms with Crippen LogP contribution in [0, 0.1) is 0 Å². The number of aromatic nitrogens is 1. The van der Waals surface area contributed by atoms with E-state index in [1.165, 1.54) is 0 Å². The molecule has 1 amide bonds. The standard InChI is InChI=1S/C15H17BrN2O3/c1-18(15(19)12-7-11(16)8-17-12)9-10-5-4-6-13(20-2)14(10)21-3/h4-8,17H,9H2,1-3H3. The Labute approximate surface area is 132 Å². The number of aromatic amines is 1. The van der Waals surface area contributed by atoms with Gasteiger partial charge in [0.25, 0.3) is 5.91 Å². The van der Waals surface area contributed by atoms with Gasteiger partial charge in [0.1, 0.15) is 5.69 Å². The number of hydrogen-bond donors (Lipinski definition) is 1. The number of hydrogen-bond acceptors (Lipinski definition) is 3. The van der Waals surface area contributed by atoms with E-state index in [1.807, 2.05) is 18.2 Å². The minimum Gasteiger partial charge on any atom is -0.493 e. The van der Waals surface area contributed by atoms with Gasteiger partial charge in [0, 0.05) is 29.8 Å². The SMILES string of the molecule is COc1cccc(CN(C)C(=O)c2cc(Br)c[nH]2)c1OC. The molecule has 2 aromatic rings. The topological polar surface area (TPSA) is 54.6 Å². The molecule has 0 spiro atoms. The molecule has 1 aromatic carbocycles. The van der Waals surface area contributed by atoms with E-state index in [-0.39, 0.29) is 5.91 Å². The molecule has 0 aliphatic rings. The first-order chi connectivity index (χ1) is 10.1. The quantitative estimate of drug-likeness (QED) is 0.899. The van der Waals surface area contributed by atoms with Gasteiger partial charge in [-0.05, 0) is 28.1 Å². The van der Waals surface area contributed by atoms with E-state index in [0.717, 1.165) is 10.0 Å². The first-order valence-corrected chi connectivity index (χ1v) is 7.15. The van der Waals surface area contributed by atoms with Crippen molar-refractivity contribution in [1.29, 1.82) is 0 Å². The van der Waals surface area contributed by atoms with Crippen LogP contribution in [-0.4, -0.2) is 37.1 Å². The summed E-state index contributed by atoms with van der Waals surface area (Å²) in [6, 6.07) is 7.36. The van der Waals surface area contributed by atoms with Crippen LogP contribution in [0.25, 0.3) is 0 Å². The van der Waals surface area contributed by atoms with Crippen LogP contribution in [-0.2, 0) is 6.54 Å². The number of amides is 1. The predicted molar refractivity (Wildman–Crippen MR) is 83.8 cm³/mol. The zero-order valence-electron chi connectivity index (χ0n) is 12.1. The third-order valence-electron chi connectivity index (χ3n) is 3.12. The molecular formula is C15H17BrN2O3. The summed E-state index contributed by atoms with van der Waals surface area (Å²) in [4.78, 5) is 16.9. The maximum atomic E-state index is 12.3. The lowest BCUT2D eigenvalue weighted by Crippen LogP contribution is -2.26. The maximum Gasteiger partial charge on any atom is 0.270 e. The normalized spacial score (nSPS) is 10.3. The molecule has 5 nitrogen and oxygen atoms in total. The van der Waals surface area contributed by atoms with Gasteiger partial charge in [0.05, 0.1) is 14.2 Å². The van der Waals surface area contributed by atoms with Gasteiger partial charge in [-0.3, -0.25) is 4.79 Å². The Morgan fingerprint density at radius 3 is 2.67 bits per heavy atom. The molecule has 1 N–H and O–H groups in total. The highest BCUT2D eigenvalue weighted by Gasteiger charge is 2.17. The Morgan fingerprint density at radius 2 is 2.10 bits per heavy atom. The monoisotopic (exact) mass is 352 g/mol. The van der Waals surface area contributed by atoms with Crippen molar-refractivity contribution in [2.75, 3.05) is 21.3 Å². The zero-order valence-corrected chi connectivity index (χ0v) is 13.7. The fraction of sp³-hybridized carbons (Fsp3) is 0.267. The molecule has 0 fully saturated rings. The molecule has 112 valence electrons. The van der Waals surface area contributed by atoms with Crippen molar-refractivity contribution in [3.05, 3.63) is 46.2 Å². The zero-order chi connectivity index (χ0) is 15.4. The van der Waals surface area contributed by atoms with Gasteiger partial charge < -0.3 is 19.4 Å². The Hall–Kier alpha value is -1.95. The number of methoxy groups -OCH3 is 2. The van der Waals surface area contributed by atoms with E-state index in [1.54, 1.807) is 38.4 Å². The van der Waals surface area contributed by atoms with Crippen molar-refractivity contribution in [3.63, 3.8) is 0 Å². The molecule has 0 radical (unpaired) electrons. The summed E-state index contributed by atoms with van der Waals surface area (Å²) < 4.78 is 11.5. The minimum absolute atomic E-state index is 0.0921. The number of benzene rings is 1. The second-order valence-corrected chi connectivity index (χ2v) is 5.46. The highest BCUT2D eigenvalue weighted by Crippen LogP contribution is 2.31. The highest BCUT2D eigenvalue weighted by molar-refractivity contribution is 9.10. The number of nitrogens with one attached hydrogen (secondary N) is 1. The number of nitrogens with zero attached hydrogens (tertiary/aromatic N) is 1. The van der Waals surface area contributed by atoms with E-state index in [0.29, 0.717) is 23.7 Å². The van der Waals surface area contributed by atoms with Crippen LogP contribution in [0.15, 0.2) is 34.9 Å². The molecule has 2 rings (SSSR count). The first kappa shape index (κ1) is 15.4. The van der Waals surface area contributed by atoms with Gasteiger partial charge in [-0.15, -0.1) is 0 Å². The summed E-state index contributed by atoms with van der Waals surface area (Å²) in [7, 11) is 4.92. The summed E-state index contributed by atoms with van der Waals surface area (Å²) in [5, 5.41) is 0. The largest absolute Gasteiger partial charge is 0.493 e. The molecule has 1 heterocycles. The smallest absolute Gasteiger partial charge is 0.270 e. The number of carbonyl (C=O) groups excluding carboxylic acids is 1. The molecule has 0 saturated heterocycles. The van der Waals surface area contributed by atoms with Crippen LogP contribution in [0.5, 0.6) is 11.5 Å². The van der Waals surface area contributed by atoms with Gasteiger partial charge >= 0.3 is 0 Å². The van der Waals surface area contributed by atoms with Crippen molar-refractivity contribution >= 4 is 21.8 Å². The van der Waals surface area contributed by atoms with Crippen LogP contribution >= 0.6 is 15.9 Å². The van der Waals surface area contributed by atoms with Crippen LogP contribution in [0.3, 0.4) is 0 Å². The summed E-state index contributed by atoms with van der Waals surface area (Å²) in [6.07, 6.45) is 1.73. The van der Waals surface area contributed by atoms with Gasteiger partial charge in [-0.1, -0.05) is 12.1 Å². The summed E-state index contributed by atoms with van der Waals surface area (Å²) in [5.41, 5.74) is 1.42. The average Bonchev–Trinajstić information content (AvgIpc) is 2.92. The molecule has 6 heteroatoms. The number of rotatable bonds is 5. The minimum atomic E-state index is -0.0921. The maximum absolute atomic E-state index is 12.3. The number of para-hydroxylation sites is 1. The second kappa shape index (κ2) is 6.67. The molecule has 0 aliphatic heterocycles. The van der Waals surface area contributed by atoms with Crippen molar-refractivity contribution in [3.8, 4) is 11.5 Å². The van der Waals surface area contributed by atoms with Gasteiger partial charge in [-0.25, -0.2) is 0 Å². The molecule has 1 aromatic heterocycles. The van der Waals surface area contributed by atoms with Crippen molar-refractivity contribution in [2.24, 2.45) is 0 Å². The highest BCUT2D eigenvalue weighted by atomic mass is 79.9. The lowest BCUT2D eigenvalue weighted by atomic mass is 10.1. The molecule has 0 aliphatic carbocycles. The van der Waals surface area contributed by atoms with E-state index in [4.69, 9.17) is 9.47 Å². The number of H-pyrrole nitrogens is 1. The molecule has 0 unspecified atom stereocenters. The van der Waals surface area contributed by atoms with Gasteiger partial charge in [0.15, 0.2) is 11.5 Å². The summed E-state index contributed by atoms with van der Waals surface area (Å²) >= 11 is 3.32. The first-order valence-electron chi connectivity index (χ1n) is 6.36. The van der Waals surface area contributed by atoms with E-state index >= 15 is 0 Å². The van der Waals surface area contributed by atoms with Crippen molar-refractivity contribution in [2.45, 2.75) is 6.54 Å². The van der Waals surface area contributed by atoms with Crippen LogP contribution in [0.2, 0.25) is 0 Å². The van der Waals surface area contributed by atoms with Crippen molar-refractivity contribution < 1.29 is 14.3 Å². The van der Waals surface area contributed by atoms with Gasteiger partial charge in [-0.2, -0.15) is 0 Å². The fourth-order valence-corrected chi connectivity index (χ4v) is 2.45. The number of ether oxygens (including phenoxy) is 2. The molecule has 21 heavy (non-hydrogen) atoms. The molecule has 0 saturated carbocycles.